The van der Waals surface area contributed by atoms with Crippen molar-refractivity contribution in [1.82, 2.24) is 30.2 Å². The van der Waals surface area contributed by atoms with E-state index in [0.717, 1.165) is 18.8 Å². The average molecular weight is 236 g/mol. The smallest absolute Gasteiger partial charge is 0.240 e. The number of rotatable bonds is 6. The van der Waals surface area contributed by atoms with Gasteiger partial charge in [0.05, 0.1) is 13.1 Å². The summed E-state index contributed by atoms with van der Waals surface area (Å²) in [7, 11) is 0. The van der Waals surface area contributed by atoms with Crippen LogP contribution in [0, 0.1) is 6.92 Å². The molecule has 0 spiro atoms. The molecule has 2 aromatic heterocycles. The largest absolute Gasteiger partial charge is 0.338 e. The van der Waals surface area contributed by atoms with Crippen molar-refractivity contribution in [1.29, 1.82) is 0 Å². The highest BCUT2D eigenvalue weighted by Crippen LogP contribution is 1.98. The molecule has 17 heavy (non-hydrogen) atoms. The fourth-order valence-corrected chi connectivity index (χ4v) is 1.52. The SMILES string of the molecule is CCCn1ncnc1CNCc1nc(C)no1. The van der Waals surface area contributed by atoms with Crippen molar-refractivity contribution in [3.8, 4) is 0 Å². The van der Waals surface area contributed by atoms with Crippen LogP contribution in [0.15, 0.2) is 10.9 Å². The summed E-state index contributed by atoms with van der Waals surface area (Å²) in [5, 5.41) is 11.1. The molecular formula is C10H16N6O. The first-order valence-electron chi connectivity index (χ1n) is 5.66. The Morgan fingerprint density at radius 2 is 2.29 bits per heavy atom. The maximum atomic E-state index is 4.99. The van der Waals surface area contributed by atoms with Crippen LogP contribution in [0.1, 0.15) is 30.9 Å². The lowest BCUT2D eigenvalue weighted by Gasteiger charge is -2.04. The normalized spacial score (nSPS) is 10.9. The molecule has 0 amide bonds. The Bertz CT molecular complexity index is 463. The van der Waals surface area contributed by atoms with Crippen LogP contribution in [-0.4, -0.2) is 24.9 Å². The van der Waals surface area contributed by atoms with E-state index in [0.29, 0.717) is 24.8 Å². The second kappa shape index (κ2) is 5.53. The van der Waals surface area contributed by atoms with E-state index in [1.165, 1.54) is 0 Å². The molecule has 2 rings (SSSR count). The minimum absolute atomic E-state index is 0.541. The lowest BCUT2D eigenvalue weighted by molar-refractivity contribution is 0.362. The predicted molar refractivity (Wildman–Crippen MR) is 59.9 cm³/mol. The lowest BCUT2D eigenvalue weighted by Crippen LogP contribution is -2.17. The first-order chi connectivity index (χ1) is 8.29. The van der Waals surface area contributed by atoms with E-state index >= 15 is 0 Å². The second-order valence-corrected chi connectivity index (χ2v) is 3.74. The molecule has 7 nitrogen and oxygen atoms in total. The van der Waals surface area contributed by atoms with Gasteiger partial charge in [0.2, 0.25) is 5.89 Å². The quantitative estimate of drug-likeness (QED) is 0.793. The molecule has 0 aromatic carbocycles. The van der Waals surface area contributed by atoms with Crippen LogP contribution < -0.4 is 5.32 Å². The number of nitrogens with zero attached hydrogens (tertiary/aromatic N) is 5. The topological polar surface area (TPSA) is 81.7 Å². The highest BCUT2D eigenvalue weighted by Gasteiger charge is 2.05. The molecule has 2 heterocycles. The van der Waals surface area contributed by atoms with Gasteiger partial charge >= 0.3 is 0 Å². The fraction of sp³-hybridized carbons (Fsp3) is 0.600. The van der Waals surface area contributed by atoms with Gasteiger partial charge in [0.25, 0.3) is 0 Å². The van der Waals surface area contributed by atoms with Gasteiger partial charge in [-0.1, -0.05) is 12.1 Å². The molecule has 2 aromatic rings. The Labute approximate surface area is 99.2 Å². The second-order valence-electron chi connectivity index (χ2n) is 3.74. The van der Waals surface area contributed by atoms with Crippen molar-refractivity contribution in [3.63, 3.8) is 0 Å². The van der Waals surface area contributed by atoms with Crippen LogP contribution >= 0.6 is 0 Å². The zero-order valence-corrected chi connectivity index (χ0v) is 10.1. The Hall–Kier alpha value is -1.76. The van der Waals surface area contributed by atoms with Gasteiger partial charge < -0.3 is 9.84 Å². The van der Waals surface area contributed by atoms with E-state index in [4.69, 9.17) is 4.52 Å². The summed E-state index contributed by atoms with van der Waals surface area (Å²) < 4.78 is 6.89. The Morgan fingerprint density at radius 3 is 3.00 bits per heavy atom. The summed E-state index contributed by atoms with van der Waals surface area (Å²) in [6, 6.07) is 0. The summed E-state index contributed by atoms with van der Waals surface area (Å²) in [5.74, 6) is 2.16. The van der Waals surface area contributed by atoms with Gasteiger partial charge in [0, 0.05) is 6.54 Å². The summed E-state index contributed by atoms with van der Waals surface area (Å²) >= 11 is 0. The lowest BCUT2D eigenvalue weighted by atomic mass is 10.4. The van der Waals surface area contributed by atoms with E-state index in [-0.39, 0.29) is 0 Å². The maximum Gasteiger partial charge on any atom is 0.240 e. The van der Waals surface area contributed by atoms with E-state index in [1.54, 1.807) is 13.3 Å². The maximum absolute atomic E-state index is 4.99. The molecular weight excluding hydrogens is 220 g/mol. The number of aryl methyl sites for hydroxylation is 2. The van der Waals surface area contributed by atoms with Crippen molar-refractivity contribution in [2.75, 3.05) is 0 Å². The highest BCUT2D eigenvalue weighted by molar-refractivity contribution is 4.86. The first-order valence-corrected chi connectivity index (χ1v) is 5.66. The zero-order chi connectivity index (χ0) is 12.1. The van der Waals surface area contributed by atoms with Crippen molar-refractivity contribution in [2.45, 2.75) is 39.9 Å². The third-order valence-electron chi connectivity index (χ3n) is 2.26. The summed E-state index contributed by atoms with van der Waals surface area (Å²) in [6.45, 7) is 5.98. The van der Waals surface area contributed by atoms with Crippen molar-refractivity contribution >= 4 is 0 Å². The Kier molecular flexibility index (Phi) is 3.81. The van der Waals surface area contributed by atoms with Gasteiger partial charge in [0.15, 0.2) is 5.82 Å². The predicted octanol–water partition coefficient (Wildman–Crippen LogP) is 0.669. The van der Waals surface area contributed by atoms with Gasteiger partial charge in [-0.05, 0) is 13.3 Å². The molecule has 7 heteroatoms. The molecule has 0 atom stereocenters. The van der Waals surface area contributed by atoms with Crippen molar-refractivity contribution in [3.05, 3.63) is 23.9 Å². The van der Waals surface area contributed by atoms with Crippen LogP contribution in [-0.2, 0) is 19.6 Å². The molecule has 0 aliphatic heterocycles. The molecule has 0 fully saturated rings. The summed E-state index contributed by atoms with van der Waals surface area (Å²) in [5.41, 5.74) is 0. The highest BCUT2D eigenvalue weighted by atomic mass is 16.5. The standard InChI is InChI=1S/C10H16N6O/c1-3-4-16-9(12-7-13-16)5-11-6-10-14-8(2)15-17-10/h7,11H,3-6H2,1-2H3. The summed E-state index contributed by atoms with van der Waals surface area (Å²) in [4.78, 5) is 8.30. The van der Waals surface area contributed by atoms with Crippen molar-refractivity contribution in [2.24, 2.45) is 0 Å². The molecule has 0 saturated carbocycles. The molecule has 92 valence electrons. The minimum Gasteiger partial charge on any atom is -0.338 e. The van der Waals surface area contributed by atoms with Crippen LogP contribution in [0.5, 0.6) is 0 Å². The molecule has 0 aliphatic rings. The number of hydrogen-bond acceptors (Lipinski definition) is 6. The Balaban J connectivity index is 1.83. The van der Waals surface area contributed by atoms with Crippen LogP contribution in [0.3, 0.4) is 0 Å². The summed E-state index contributed by atoms with van der Waals surface area (Å²) in [6.07, 6.45) is 2.61. The monoisotopic (exact) mass is 236 g/mol. The molecule has 0 bridgehead atoms. The average Bonchev–Trinajstić information content (AvgIpc) is 2.90. The molecule has 1 N–H and O–H groups in total. The van der Waals surface area contributed by atoms with Gasteiger partial charge in [-0.15, -0.1) is 0 Å². The van der Waals surface area contributed by atoms with Crippen LogP contribution in [0.4, 0.5) is 0 Å². The minimum atomic E-state index is 0.541. The number of nitrogens with one attached hydrogen (secondary N) is 1. The molecule has 0 saturated heterocycles. The van der Waals surface area contributed by atoms with Gasteiger partial charge in [-0.25, -0.2) is 9.67 Å². The van der Waals surface area contributed by atoms with Gasteiger partial charge in [-0.2, -0.15) is 10.1 Å². The van der Waals surface area contributed by atoms with E-state index in [2.05, 4.69) is 32.5 Å². The van der Waals surface area contributed by atoms with E-state index in [1.807, 2.05) is 4.68 Å². The van der Waals surface area contributed by atoms with E-state index < -0.39 is 0 Å². The third-order valence-corrected chi connectivity index (χ3v) is 2.26. The van der Waals surface area contributed by atoms with Crippen LogP contribution in [0.2, 0.25) is 0 Å². The number of aromatic nitrogens is 5. The van der Waals surface area contributed by atoms with Crippen molar-refractivity contribution < 1.29 is 4.52 Å². The van der Waals surface area contributed by atoms with Gasteiger partial charge in [-0.3, -0.25) is 0 Å². The molecule has 0 unspecified atom stereocenters. The van der Waals surface area contributed by atoms with Gasteiger partial charge in [0.1, 0.15) is 12.2 Å². The Morgan fingerprint density at radius 1 is 1.41 bits per heavy atom. The molecule has 0 aliphatic carbocycles. The number of hydrogen-bond donors (Lipinski definition) is 1. The molecule has 0 radical (unpaired) electrons. The third kappa shape index (κ3) is 3.10. The van der Waals surface area contributed by atoms with Crippen LogP contribution in [0.25, 0.3) is 0 Å². The fourth-order valence-electron chi connectivity index (χ4n) is 1.52. The first kappa shape index (κ1) is 11.7. The van der Waals surface area contributed by atoms with E-state index in [9.17, 15) is 0 Å². The zero-order valence-electron chi connectivity index (χ0n) is 10.1.